The highest BCUT2D eigenvalue weighted by atomic mass is 19.4. The van der Waals surface area contributed by atoms with Gasteiger partial charge >= 0.3 is 6.18 Å². The van der Waals surface area contributed by atoms with Crippen LogP contribution in [0.1, 0.15) is 42.4 Å². The number of amides is 1. The van der Waals surface area contributed by atoms with E-state index in [1.807, 2.05) is 0 Å². The molecule has 0 bridgehead atoms. The van der Waals surface area contributed by atoms with Crippen molar-refractivity contribution in [1.82, 2.24) is 5.32 Å². The average molecular weight is 325 g/mol. The molecule has 124 valence electrons. The minimum Gasteiger partial charge on any atom is -0.352 e. The van der Waals surface area contributed by atoms with Crippen LogP contribution in [0.2, 0.25) is 0 Å². The fraction of sp³-hybridized carbons (Fsp3) is 0.500. The van der Waals surface area contributed by atoms with Crippen molar-refractivity contribution in [2.45, 2.75) is 44.4 Å². The van der Waals surface area contributed by atoms with Crippen LogP contribution < -0.4 is 11.1 Å². The Morgan fingerprint density at radius 2 is 2.13 bits per heavy atom. The first-order valence-electron chi connectivity index (χ1n) is 7.44. The molecule has 0 aliphatic heterocycles. The Balaban J connectivity index is 2.08. The maximum Gasteiger partial charge on any atom is 0.416 e. The molecule has 0 aromatic heterocycles. The summed E-state index contributed by atoms with van der Waals surface area (Å²) in [6.07, 6.45) is -1.58. The fourth-order valence-electron chi connectivity index (χ4n) is 2.86. The van der Waals surface area contributed by atoms with E-state index in [1.165, 1.54) is 12.1 Å². The molecule has 1 aromatic rings. The molecule has 1 aliphatic rings. The molecule has 1 fully saturated rings. The van der Waals surface area contributed by atoms with E-state index in [4.69, 9.17) is 11.0 Å². The first-order chi connectivity index (χ1) is 10.8. The summed E-state index contributed by atoms with van der Waals surface area (Å²) in [4.78, 5) is 12.1. The second-order valence-electron chi connectivity index (χ2n) is 5.82. The number of carbonyl (C=O) groups excluding carboxylic acids is 1. The molecule has 1 aliphatic carbocycles. The van der Waals surface area contributed by atoms with Crippen LogP contribution in [0, 0.1) is 17.2 Å². The van der Waals surface area contributed by atoms with Crippen molar-refractivity contribution in [3.63, 3.8) is 0 Å². The molecule has 0 radical (unpaired) electrons. The Labute approximate surface area is 132 Å². The molecule has 3 N–H and O–H groups in total. The van der Waals surface area contributed by atoms with Gasteiger partial charge in [-0.3, -0.25) is 4.79 Å². The van der Waals surface area contributed by atoms with Crippen LogP contribution in [0.5, 0.6) is 0 Å². The Kier molecular flexibility index (Phi) is 5.26. The van der Waals surface area contributed by atoms with Crippen molar-refractivity contribution >= 4 is 5.91 Å². The van der Waals surface area contributed by atoms with Gasteiger partial charge in [0.2, 0.25) is 5.91 Å². The second-order valence-corrected chi connectivity index (χ2v) is 5.82. The molecule has 7 heteroatoms. The molecule has 0 spiro atoms. The summed E-state index contributed by atoms with van der Waals surface area (Å²) in [6.45, 7) is -0.217. The highest BCUT2D eigenvalue weighted by molar-refractivity contribution is 5.78. The lowest BCUT2D eigenvalue weighted by Crippen LogP contribution is -2.37. The number of nitrogens with one attached hydrogen (secondary N) is 1. The normalized spacial score (nSPS) is 21.5. The largest absolute Gasteiger partial charge is 0.416 e. The predicted molar refractivity (Wildman–Crippen MR) is 77.9 cm³/mol. The third kappa shape index (κ3) is 4.45. The molecule has 2 atom stereocenters. The Morgan fingerprint density at radius 3 is 2.74 bits per heavy atom. The zero-order valence-corrected chi connectivity index (χ0v) is 12.5. The molecule has 2 rings (SSSR count). The first-order valence-corrected chi connectivity index (χ1v) is 7.44. The molecule has 1 aromatic carbocycles. The van der Waals surface area contributed by atoms with E-state index in [-0.39, 0.29) is 35.5 Å². The second kappa shape index (κ2) is 7.01. The van der Waals surface area contributed by atoms with Gasteiger partial charge in [0, 0.05) is 18.5 Å². The van der Waals surface area contributed by atoms with Crippen LogP contribution in [0.3, 0.4) is 0 Å². The van der Waals surface area contributed by atoms with Gasteiger partial charge in [0.15, 0.2) is 0 Å². The van der Waals surface area contributed by atoms with Crippen molar-refractivity contribution in [2.24, 2.45) is 11.7 Å². The van der Waals surface area contributed by atoms with Gasteiger partial charge in [-0.25, -0.2) is 0 Å². The number of halogens is 3. The van der Waals surface area contributed by atoms with Crippen LogP contribution in [-0.4, -0.2) is 11.9 Å². The summed E-state index contributed by atoms with van der Waals surface area (Å²) >= 11 is 0. The molecule has 2 unspecified atom stereocenters. The van der Waals surface area contributed by atoms with Crippen molar-refractivity contribution in [3.8, 4) is 6.07 Å². The van der Waals surface area contributed by atoms with E-state index < -0.39 is 11.7 Å². The number of nitriles is 1. The zero-order valence-electron chi connectivity index (χ0n) is 12.5. The van der Waals surface area contributed by atoms with E-state index >= 15 is 0 Å². The first kappa shape index (κ1) is 17.3. The van der Waals surface area contributed by atoms with E-state index in [0.29, 0.717) is 12.8 Å². The number of benzene rings is 1. The van der Waals surface area contributed by atoms with Gasteiger partial charge in [-0.15, -0.1) is 0 Å². The van der Waals surface area contributed by atoms with Crippen LogP contribution in [0.4, 0.5) is 13.2 Å². The van der Waals surface area contributed by atoms with Gasteiger partial charge in [-0.1, -0.05) is 12.5 Å². The number of nitrogens with two attached hydrogens (primary N) is 1. The van der Waals surface area contributed by atoms with Crippen LogP contribution >= 0.6 is 0 Å². The number of carbonyl (C=O) groups is 1. The summed E-state index contributed by atoms with van der Waals surface area (Å²) in [6, 6.07) is 5.01. The third-order valence-corrected chi connectivity index (χ3v) is 4.08. The highest BCUT2D eigenvalue weighted by Crippen LogP contribution is 2.33. The zero-order chi connectivity index (χ0) is 17.0. The quantitative estimate of drug-likeness (QED) is 0.897. The highest BCUT2D eigenvalue weighted by Gasteiger charge is 2.34. The number of alkyl halides is 3. The molecule has 4 nitrogen and oxygen atoms in total. The van der Waals surface area contributed by atoms with Gasteiger partial charge in [0.05, 0.1) is 17.2 Å². The smallest absolute Gasteiger partial charge is 0.352 e. The number of hydrogen-bond donors (Lipinski definition) is 2. The maximum absolute atomic E-state index is 13.1. The number of rotatable bonds is 3. The van der Waals surface area contributed by atoms with E-state index in [1.54, 1.807) is 6.07 Å². The Morgan fingerprint density at radius 1 is 1.39 bits per heavy atom. The van der Waals surface area contributed by atoms with E-state index in [0.717, 1.165) is 18.9 Å². The average Bonchev–Trinajstić information content (AvgIpc) is 2.51. The SMILES string of the molecule is N#Cc1ccc(CNC(=O)C2CCCC(N)C2)c(C(F)(F)F)c1. The van der Waals surface area contributed by atoms with Gasteiger partial charge in [0.25, 0.3) is 0 Å². The Bertz CT molecular complexity index is 622. The molecule has 1 amide bonds. The van der Waals surface area contributed by atoms with E-state index in [2.05, 4.69) is 5.32 Å². The van der Waals surface area contributed by atoms with Crippen LogP contribution in [0.15, 0.2) is 18.2 Å². The van der Waals surface area contributed by atoms with E-state index in [9.17, 15) is 18.0 Å². The molecular formula is C16H18F3N3O. The van der Waals surface area contributed by atoms with Gasteiger partial charge in [-0.05, 0) is 37.0 Å². The molecule has 23 heavy (non-hydrogen) atoms. The van der Waals surface area contributed by atoms with Crippen LogP contribution in [-0.2, 0) is 17.5 Å². The topological polar surface area (TPSA) is 78.9 Å². The van der Waals surface area contributed by atoms with Crippen molar-refractivity contribution in [1.29, 1.82) is 5.26 Å². The standard InChI is InChI=1S/C16H18F3N3O/c17-16(18,19)14-6-10(8-20)4-5-12(14)9-22-15(23)11-2-1-3-13(21)7-11/h4-6,11,13H,1-3,7,9,21H2,(H,22,23). The van der Waals surface area contributed by atoms with Crippen molar-refractivity contribution in [2.75, 3.05) is 0 Å². The summed E-state index contributed by atoms with van der Waals surface area (Å²) in [5.74, 6) is -0.510. The lowest BCUT2D eigenvalue weighted by molar-refractivity contribution is -0.138. The minimum absolute atomic E-state index is 0.0276. The summed E-state index contributed by atoms with van der Waals surface area (Å²) < 4.78 is 39.2. The molecule has 1 saturated carbocycles. The van der Waals surface area contributed by atoms with Crippen molar-refractivity contribution in [3.05, 3.63) is 34.9 Å². The fourth-order valence-corrected chi connectivity index (χ4v) is 2.86. The van der Waals surface area contributed by atoms with Crippen molar-refractivity contribution < 1.29 is 18.0 Å². The van der Waals surface area contributed by atoms with Gasteiger partial charge in [-0.2, -0.15) is 18.4 Å². The molecule has 0 saturated heterocycles. The number of nitrogens with zero attached hydrogens (tertiary/aromatic N) is 1. The number of hydrogen-bond acceptors (Lipinski definition) is 3. The molecular weight excluding hydrogens is 307 g/mol. The minimum atomic E-state index is -4.57. The summed E-state index contributed by atoms with van der Waals surface area (Å²) in [7, 11) is 0. The van der Waals surface area contributed by atoms with Crippen LogP contribution in [0.25, 0.3) is 0 Å². The summed E-state index contributed by atoms with van der Waals surface area (Å²) in [5.41, 5.74) is 4.82. The monoisotopic (exact) mass is 325 g/mol. The predicted octanol–water partition coefficient (Wildman–Crippen LogP) is 2.71. The lowest BCUT2D eigenvalue weighted by Gasteiger charge is -2.25. The van der Waals surface area contributed by atoms with Gasteiger partial charge in [0.1, 0.15) is 0 Å². The maximum atomic E-state index is 13.1. The summed E-state index contributed by atoms with van der Waals surface area (Å²) in [5, 5.41) is 11.3. The Hall–Kier alpha value is -2.07. The van der Waals surface area contributed by atoms with Gasteiger partial charge < -0.3 is 11.1 Å². The third-order valence-electron chi connectivity index (χ3n) is 4.08. The molecule has 0 heterocycles. The lowest BCUT2D eigenvalue weighted by atomic mass is 9.85.